The number of nitrogens with one attached hydrogen (secondary N) is 1. The van der Waals surface area contributed by atoms with E-state index in [1.165, 1.54) is 4.90 Å². The van der Waals surface area contributed by atoms with Gasteiger partial charge < -0.3 is 9.73 Å². The fourth-order valence-corrected chi connectivity index (χ4v) is 3.44. The molecule has 0 spiro atoms. The van der Waals surface area contributed by atoms with Crippen LogP contribution in [0.4, 0.5) is 13.2 Å². The van der Waals surface area contributed by atoms with Gasteiger partial charge in [-0.1, -0.05) is 12.1 Å². The van der Waals surface area contributed by atoms with Gasteiger partial charge >= 0.3 is 6.18 Å². The minimum Gasteiger partial charge on any atom is -0.421 e. The number of nitrogens with zero attached hydrogens (tertiary/aromatic N) is 3. The number of aromatic nitrogens is 2. The van der Waals surface area contributed by atoms with Crippen molar-refractivity contribution in [1.82, 2.24) is 20.4 Å². The third-order valence-electron chi connectivity index (χ3n) is 4.88. The largest absolute Gasteiger partial charge is 0.421 e. The number of hydrogen-bond donors (Lipinski definition) is 1. The highest BCUT2D eigenvalue weighted by atomic mass is 19.4. The van der Waals surface area contributed by atoms with Gasteiger partial charge in [0.15, 0.2) is 0 Å². The molecular weight excluding hydrogens is 373 g/mol. The topological polar surface area (TPSA) is 71.3 Å². The lowest BCUT2D eigenvalue weighted by Gasteiger charge is -2.32. The summed E-state index contributed by atoms with van der Waals surface area (Å²) in [5.41, 5.74) is 1.02. The van der Waals surface area contributed by atoms with Crippen LogP contribution in [0.1, 0.15) is 35.5 Å². The van der Waals surface area contributed by atoms with Crippen LogP contribution in [0.15, 0.2) is 28.7 Å². The van der Waals surface area contributed by atoms with Gasteiger partial charge in [-0.15, -0.1) is 10.2 Å². The molecule has 1 aliphatic heterocycles. The second kappa shape index (κ2) is 8.72. The zero-order valence-electron chi connectivity index (χ0n) is 15.6. The van der Waals surface area contributed by atoms with Gasteiger partial charge in [0, 0.05) is 13.5 Å². The van der Waals surface area contributed by atoms with E-state index in [9.17, 15) is 18.0 Å². The second-order valence-electron chi connectivity index (χ2n) is 7.05. The van der Waals surface area contributed by atoms with E-state index < -0.39 is 12.7 Å². The molecule has 1 fully saturated rings. The van der Waals surface area contributed by atoms with Crippen molar-refractivity contribution in [2.24, 2.45) is 5.92 Å². The molecule has 0 radical (unpaired) electrons. The monoisotopic (exact) mass is 396 g/mol. The van der Waals surface area contributed by atoms with Crippen molar-refractivity contribution in [2.45, 2.75) is 32.4 Å². The summed E-state index contributed by atoms with van der Waals surface area (Å²) in [5, 5.41) is 10.6. The molecule has 1 aromatic heterocycles. The van der Waals surface area contributed by atoms with Gasteiger partial charge in [0.2, 0.25) is 11.8 Å². The van der Waals surface area contributed by atoms with Gasteiger partial charge in [0.1, 0.15) is 0 Å². The molecule has 152 valence electrons. The number of piperidine rings is 1. The van der Waals surface area contributed by atoms with E-state index >= 15 is 0 Å². The van der Waals surface area contributed by atoms with Crippen LogP contribution in [-0.4, -0.2) is 53.4 Å². The Kier molecular flexibility index (Phi) is 6.33. The molecule has 1 amide bonds. The fourth-order valence-electron chi connectivity index (χ4n) is 3.44. The molecule has 6 nitrogen and oxygen atoms in total. The summed E-state index contributed by atoms with van der Waals surface area (Å²) < 4.78 is 42.7. The van der Waals surface area contributed by atoms with Crippen molar-refractivity contribution in [3.05, 3.63) is 35.7 Å². The first kappa shape index (κ1) is 20.3. The van der Waals surface area contributed by atoms with Crippen molar-refractivity contribution < 1.29 is 22.4 Å². The van der Waals surface area contributed by atoms with Gasteiger partial charge in [-0.05, 0) is 50.4 Å². The molecule has 2 aromatic rings. The maximum atomic E-state index is 12.6. The minimum atomic E-state index is -4.15. The second-order valence-corrected chi connectivity index (χ2v) is 7.05. The number of alkyl halides is 3. The summed E-state index contributed by atoms with van der Waals surface area (Å²) in [6.07, 6.45) is -1.98. The van der Waals surface area contributed by atoms with E-state index in [4.69, 9.17) is 4.42 Å². The summed E-state index contributed by atoms with van der Waals surface area (Å²) >= 11 is 0. The van der Waals surface area contributed by atoms with Crippen LogP contribution in [0.25, 0.3) is 11.5 Å². The minimum absolute atomic E-state index is 0.235. The number of likely N-dealkylation sites (tertiary alicyclic amines) is 1. The van der Waals surface area contributed by atoms with Crippen molar-refractivity contribution in [2.75, 3.05) is 26.2 Å². The number of amides is 1. The average Bonchev–Trinajstić information content (AvgIpc) is 3.08. The fraction of sp³-hybridized carbons (Fsp3) is 0.526. The first-order chi connectivity index (χ1) is 13.3. The van der Waals surface area contributed by atoms with Crippen LogP contribution < -0.4 is 5.32 Å². The lowest BCUT2D eigenvalue weighted by molar-refractivity contribution is -0.148. The highest BCUT2D eigenvalue weighted by Gasteiger charge is 2.32. The third-order valence-corrected chi connectivity index (χ3v) is 4.88. The Balaban J connectivity index is 1.48. The summed E-state index contributed by atoms with van der Waals surface area (Å²) in [5.74, 6) is 0.793. The van der Waals surface area contributed by atoms with E-state index in [1.54, 1.807) is 31.2 Å². The quantitative estimate of drug-likeness (QED) is 0.810. The van der Waals surface area contributed by atoms with Crippen LogP contribution in [0.3, 0.4) is 0 Å². The standard InChI is InChI=1S/C19H23F3N4O2/c1-13-24-25-18(28-13)16-5-3-2-4-15(16)17(27)23-9-6-14-7-10-26(11-8-14)12-19(20,21)22/h2-5,14H,6-12H2,1H3,(H,23,27). The summed E-state index contributed by atoms with van der Waals surface area (Å²) in [4.78, 5) is 14.0. The SMILES string of the molecule is Cc1nnc(-c2ccccc2C(=O)NCCC2CCN(CC(F)(F)F)CC2)o1. The average molecular weight is 396 g/mol. The molecule has 2 heterocycles. The number of rotatable bonds is 6. The Hall–Kier alpha value is -2.42. The van der Waals surface area contributed by atoms with Gasteiger partial charge in [-0.2, -0.15) is 13.2 Å². The molecule has 0 saturated carbocycles. The van der Waals surface area contributed by atoms with Crippen LogP contribution in [0.2, 0.25) is 0 Å². The Morgan fingerprint density at radius 2 is 1.96 bits per heavy atom. The van der Waals surface area contributed by atoms with E-state index in [0.29, 0.717) is 61.3 Å². The maximum absolute atomic E-state index is 12.6. The molecule has 1 aromatic carbocycles. The zero-order chi connectivity index (χ0) is 20.1. The van der Waals surface area contributed by atoms with Crippen molar-refractivity contribution >= 4 is 5.91 Å². The third kappa shape index (κ3) is 5.54. The van der Waals surface area contributed by atoms with Crippen molar-refractivity contribution in [1.29, 1.82) is 0 Å². The Morgan fingerprint density at radius 1 is 1.25 bits per heavy atom. The molecule has 1 aliphatic rings. The molecule has 0 aliphatic carbocycles. The van der Waals surface area contributed by atoms with Crippen LogP contribution >= 0.6 is 0 Å². The predicted molar refractivity (Wildman–Crippen MR) is 96.6 cm³/mol. The van der Waals surface area contributed by atoms with E-state index in [2.05, 4.69) is 15.5 Å². The zero-order valence-corrected chi connectivity index (χ0v) is 15.6. The van der Waals surface area contributed by atoms with E-state index in [-0.39, 0.29) is 5.91 Å². The van der Waals surface area contributed by atoms with Gasteiger partial charge in [-0.3, -0.25) is 9.69 Å². The number of carbonyl (C=O) groups excluding carboxylic acids is 1. The van der Waals surface area contributed by atoms with Crippen molar-refractivity contribution in [3.63, 3.8) is 0 Å². The number of benzene rings is 1. The molecule has 1 saturated heterocycles. The van der Waals surface area contributed by atoms with Gasteiger partial charge in [0.25, 0.3) is 5.91 Å². The first-order valence-corrected chi connectivity index (χ1v) is 9.28. The number of hydrogen-bond acceptors (Lipinski definition) is 5. The summed E-state index contributed by atoms with van der Waals surface area (Å²) in [7, 11) is 0. The molecule has 0 bridgehead atoms. The molecule has 0 atom stereocenters. The van der Waals surface area contributed by atoms with Crippen LogP contribution in [0, 0.1) is 12.8 Å². The molecule has 9 heteroatoms. The van der Waals surface area contributed by atoms with Gasteiger partial charge in [-0.25, -0.2) is 0 Å². The molecule has 0 unspecified atom stereocenters. The Labute approximate surface area is 161 Å². The highest BCUT2D eigenvalue weighted by Crippen LogP contribution is 2.25. The van der Waals surface area contributed by atoms with Crippen LogP contribution in [0.5, 0.6) is 0 Å². The number of carbonyl (C=O) groups is 1. The summed E-state index contributed by atoms with van der Waals surface area (Å²) in [6.45, 7) is 2.19. The summed E-state index contributed by atoms with van der Waals surface area (Å²) in [6, 6.07) is 7.00. The normalized spacial score (nSPS) is 16.3. The van der Waals surface area contributed by atoms with Crippen molar-refractivity contribution in [3.8, 4) is 11.5 Å². The van der Waals surface area contributed by atoms with Gasteiger partial charge in [0.05, 0.1) is 17.7 Å². The van der Waals surface area contributed by atoms with E-state index in [1.807, 2.05) is 0 Å². The molecule has 3 rings (SSSR count). The number of aryl methyl sites for hydroxylation is 1. The molecular formula is C19H23F3N4O2. The molecule has 28 heavy (non-hydrogen) atoms. The Morgan fingerprint density at radius 3 is 2.61 bits per heavy atom. The Bertz CT molecular complexity index is 798. The predicted octanol–water partition coefficient (Wildman–Crippen LogP) is 3.44. The lowest BCUT2D eigenvalue weighted by atomic mass is 9.93. The van der Waals surface area contributed by atoms with Crippen LogP contribution in [-0.2, 0) is 0 Å². The maximum Gasteiger partial charge on any atom is 0.401 e. The highest BCUT2D eigenvalue weighted by molar-refractivity contribution is 5.99. The molecule has 1 N–H and O–H groups in total. The smallest absolute Gasteiger partial charge is 0.401 e. The lowest BCUT2D eigenvalue weighted by Crippen LogP contribution is -2.40. The van der Waals surface area contributed by atoms with E-state index in [0.717, 1.165) is 6.42 Å². The number of halogens is 3. The first-order valence-electron chi connectivity index (χ1n) is 9.28.